The van der Waals surface area contributed by atoms with E-state index in [0.717, 1.165) is 28.7 Å². The van der Waals surface area contributed by atoms with Crippen LogP contribution in [0.2, 0.25) is 0 Å². The normalized spacial score (nSPS) is 11.3. The van der Waals surface area contributed by atoms with Crippen molar-refractivity contribution in [1.29, 1.82) is 0 Å². The Balaban J connectivity index is 2.45. The highest BCUT2D eigenvalue weighted by Gasteiger charge is 2.17. The van der Waals surface area contributed by atoms with Crippen molar-refractivity contribution in [2.75, 3.05) is 6.54 Å². The van der Waals surface area contributed by atoms with Crippen molar-refractivity contribution in [3.05, 3.63) is 35.0 Å². The predicted molar refractivity (Wildman–Crippen MR) is 79.6 cm³/mol. The zero-order valence-corrected chi connectivity index (χ0v) is 12.4. The number of carbonyl (C=O) groups is 1. The first-order valence-corrected chi connectivity index (χ1v) is 6.85. The van der Waals surface area contributed by atoms with Gasteiger partial charge in [-0.05, 0) is 58.4 Å². The highest BCUT2D eigenvalue weighted by molar-refractivity contribution is 5.99. The van der Waals surface area contributed by atoms with Crippen LogP contribution >= 0.6 is 0 Å². The van der Waals surface area contributed by atoms with E-state index in [1.165, 1.54) is 5.56 Å². The van der Waals surface area contributed by atoms with E-state index in [4.69, 9.17) is 0 Å². The first kappa shape index (κ1) is 13.7. The van der Waals surface area contributed by atoms with Crippen molar-refractivity contribution in [3.63, 3.8) is 0 Å². The molecular formula is C16H22N2O. The number of H-pyrrole nitrogens is 1. The molecule has 0 saturated carbocycles. The lowest BCUT2D eigenvalue weighted by atomic mass is 10.1. The lowest BCUT2D eigenvalue weighted by Crippen LogP contribution is -2.36. The molecule has 0 aliphatic carbocycles. The molecule has 0 spiro atoms. The van der Waals surface area contributed by atoms with Crippen LogP contribution in [0.1, 0.15) is 42.4 Å². The maximum atomic E-state index is 12.5. The molecule has 0 unspecified atom stereocenters. The summed E-state index contributed by atoms with van der Waals surface area (Å²) in [5.74, 6) is 0.109. The van der Waals surface area contributed by atoms with Crippen LogP contribution in [0, 0.1) is 13.8 Å². The Morgan fingerprint density at radius 1 is 1.32 bits per heavy atom. The largest absolute Gasteiger partial charge is 0.358 e. The van der Waals surface area contributed by atoms with E-state index in [1.807, 2.05) is 43.9 Å². The standard InChI is InChI=1S/C16H22N2O/c1-6-18(10(2)3)16(19)13-7-8-15-14(9-13)11(4)12(5)17-15/h7-10,17H,6H2,1-5H3. The number of nitrogens with one attached hydrogen (secondary N) is 1. The summed E-state index contributed by atoms with van der Waals surface area (Å²) in [5.41, 5.74) is 4.25. The van der Waals surface area contributed by atoms with Gasteiger partial charge in [0.25, 0.3) is 5.91 Å². The molecule has 0 aliphatic heterocycles. The van der Waals surface area contributed by atoms with Gasteiger partial charge in [-0.25, -0.2) is 0 Å². The second kappa shape index (κ2) is 5.08. The quantitative estimate of drug-likeness (QED) is 0.896. The van der Waals surface area contributed by atoms with Crippen LogP contribution in [0.25, 0.3) is 10.9 Å². The van der Waals surface area contributed by atoms with Crippen LogP contribution < -0.4 is 0 Å². The van der Waals surface area contributed by atoms with E-state index in [2.05, 4.69) is 18.8 Å². The first-order valence-electron chi connectivity index (χ1n) is 6.85. The zero-order chi connectivity index (χ0) is 14.2. The number of benzene rings is 1. The van der Waals surface area contributed by atoms with E-state index >= 15 is 0 Å². The van der Waals surface area contributed by atoms with Gasteiger partial charge in [0, 0.05) is 34.7 Å². The van der Waals surface area contributed by atoms with Crippen molar-refractivity contribution >= 4 is 16.8 Å². The maximum absolute atomic E-state index is 12.5. The lowest BCUT2D eigenvalue weighted by Gasteiger charge is -2.25. The molecule has 1 heterocycles. The fourth-order valence-corrected chi connectivity index (χ4v) is 2.50. The highest BCUT2D eigenvalue weighted by atomic mass is 16.2. The Kier molecular flexibility index (Phi) is 3.65. The van der Waals surface area contributed by atoms with Gasteiger partial charge in [0.1, 0.15) is 0 Å². The van der Waals surface area contributed by atoms with Gasteiger partial charge < -0.3 is 9.88 Å². The van der Waals surface area contributed by atoms with Crippen molar-refractivity contribution in [3.8, 4) is 0 Å². The molecule has 19 heavy (non-hydrogen) atoms. The molecule has 0 fully saturated rings. The predicted octanol–water partition coefficient (Wildman–Crippen LogP) is 3.66. The van der Waals surface area contributed by atoms with Gasteiger partial charge in [-0.1, -0.05) is 0 Å². The number of aryl methyl sites for hydroxylation is 2. The molecule has 0 bridgehead atoms. The van der Waals surface area contributed by atoms with Crippen LogP contribution in [0.3, 0.4) is 0 Å². The Morgan fingerprint density at radius 3 is 2.58 bits per heavy atom. The first-order chi connectivity index (χ1) is 8.95. The summed E-state index contributed by atoms with van der Waals surface area (Å²) in [5, 5.41) is 1.14. The second-order valence-corrected chi connectivity index (χ2v) is 5.32. The van der Waals surface area contributed by atoms with Gasteiger partial charge in [0.15, 0.2) is 0 Å². The van der Waals surface area contributed by atoms with Crippen molar-refractivity contribution < 1.29 is 4.79 Å². The monoisotopic (exact) mass is 258 g/mol. The summed E-state index contributed by atoms with van der Waals surface area (Å²) in [6.45, 7) is 11.0. The van der Waals surface area contributed by atoms with E-state index < -0.39 is 0 Å². The molecular weight excluding hydrogens is 236 g/mol. The van der Waals surface area contributed by atoms with Gasteiger partial charge >= 0.3 is 0 Å². The van der Waals surface area contributed by atoms with E-state index in [1.54, 1.807) is 0 Å². The number of rotatable bonds is 3. The summed E-state index contributed by atoms with van der Waals surface area (Å²) in [6, 6.07) is 6.13. The Labute approximate surface area is 114 Å². The third kappa shape index (κ3) is 2.37. The SMILES string of the molecule is CCN(C(=O)c1ccc2[nH]c(C)c(C)c2c1)C(C)C. The molecule has 2 aromatic rings. The highest BCUT2D eigenvalue weighted by Crippen LogP contribution is 2.23. The maximum Gasteiger partial charge on any atom is 0.254 e. The van der Waals surface area contributed by atoms with Crippen molar-refractivity contribution in [2.24, 2.45) is 0 Å². The van der Waals surface area contributed by atoms with Crippen LogP contribution in [-0.4, -0.2) is 28.4 Å². The van der Waals surface area contributed by atoms with E-state index in [0.29, 0.717) is 0 Å². The number of fused-ring (bicyclic) bond motifs is 1. The minimum Gasteiger partial charge on any atom is -0.358 e. The minimum atomic E-state index is 0.109. The number of amides is 1. The van der Waals surface area contributed by atoms with Crippen LogP contribution in [-0.2, 0) is 0 Å². The summed E-state index contributed by atoms with van der Waals surface area (Å²) in [7, 11) is 0. The fraction of sp³-hybridized carbons (Fsp3) is 0.438. The zero-order valence-electron chi connectivity index (χ0n) is 12.4. The van der Waals surface area contributed by atoms with Crippen LogP contribution in [0.4, 0.5) is 0 Å². The summed E-state index contributed by atoms with van der Waals surface area (Å²) >= 11 is 0. The topological polar surface area (TPSA) is 36.1 Å². The Bertz CT molecular complexity index is 610. The molecule has 3 nitrogen and oxygen atoms in total. The van der Waals surface area contributed by atoms with Crippen LogP contribution in [0.5, 0.6) is 0 Å². The Hall–Kier alpha value is -1.77. The van der Waals surface area contributed by atoms with Gasteiger partial charge in [0.05, 0.1) is 0 Å². The molecule has 102 valence electrons. The number of carbonyl (C=O) groups excluding carboxylic acids is 1. The fourth-order valence-electron chi connectivity index (χ4n) is 2.50. The number of aromatic amines is 1. The number of hydrogen-bond acceptors (Lipinski definition) is 1. The number of aromatic nitrogens is 1. The van der Waals surface area contributed by atoms with Gasteiger partial charge in [-0.15, -0.1) is 0 Å². The molecule has 3 heteroatoms. The number of hydrogen-bond donors (Lipinski definition) is 1. The summed E-state index contributed by atoms with van der Waals surface area (Å²) in [6.07, 6.45) is 0. The number of nitrogens with zero attached hydrogens (tertiary/aromatic N) is 1. The van der Waals surface area contributed by atoms with Crippen molar-refractivity contribution in [1.82, 2.24) is 9.88 Å². The average Bonchev–Trinajstić information content (AvgIpc) is 2.65. The molecule has 1 aromatic carbocycles. The third-order valence-corrected chi connectivity index (χ3v) is 3.78. The minimum absolute atomic E-state index is 0.109. The van der Waals surface area contributed by atoms with Crippen molar-refractivity contribution in [2.45, 2.75) is 40.7 Å². The average molecular weight is 258 g/mol. The van der Waals surface area contributed by atoms with Gasteiger partial charge in [-0.2, -0.15) is 0 Å². The van der Waals surface area contributed by atoms with E-state index in [-0.39, 0.29) is 11.9 Å². The molecule has 0 atom stereocenters. The third-order valence-electron chi connectivity index (χ3n) is 3.78. The molecule has 1 N–H and O–H groups in total. The van der Waals surface area contributed by atoms with Gasteiger partial charge in [-0.3, -0.25) is 4.79 Å². The van der Waals surface area contributed by atoms with Gasteiger partial charge in [0.2, 0.25) is 0 Å². The summed E-state index contributed by atoms with van der Waals surface area (Å²) < 4.78 is 0. The van der Waals surface area contributed by atoms with E-state index in [9.17, 15) is 4.79 Å². The molecule has 0 aliphatic rings. The second-order valence-electron chi connectivity index (χ2n) is 5.32. The molecule has 1 amide bonds. The lowest BCUT2D eigenvalue weighted by molar-refractivity contribution is 0.0717. The Morgan fingerprint density at radius 2 is 2.00 bits per heavy atom. The molecule has 0 saturated heterocycles. The molecule has 2 rings (SSSR count). The smallest absolute Gasteiger partial charge is 0.254 e. The molecule has 1 aromatic heterocycles. The van der Waals surface area contributed by atoms with Crippen LogP contribution in [0.15, 0.2) is 18.2 Å². The summed E-state index contributed by atoms with van der Waals surface area (Å²) in [4.78, 5) is 17.7. The molecule has 0 radical (unpaired) electrons.